The minimum atomic E-state index is -1.32. The molecule has 0 aromatic heterocycles. The SMILES string of the molecule is C[C@@H](O)[C@H](NC=O)C(=O)NC(C)(C)C(=O)NC(C)(C)C=O. The highest BCUT2D eigenvalue weighted by atomic mass is 16.3. The van der Waals surface area contributed by atoms with E-state index in [9.17, 15) is 24.3 Å². The molecule has 0 aromatic carbocycles. The molecular weight excluding hydrogens is 278 g/mol. The number of amides is 3. The third kappa shape index (κ3) is 5.90. The second-order valence-corrected chi connectivity index (χ2v) is 5.91. The smallest absolute Gasteiger partial charge is 0.246 e. The summed E-state index contributed by atoms with van der Waals surface area (Å²) in [6, 6.07) is -1.17. The average molecular weight is 301 g/mol. The summed E-state index contributed by atoms with van der Waals surface area (Å²) >= 11 is 0. The number of aliphatic hydroxyl groups is 1. The van der Waals surface area contributed by atoms with Gasteiger partial charge in [-0.2, -0.15) is 0 Å². The predicted molar refractivity (Wildman–Crippen MR) is 75.2 cm³/mol. The summed E-state index contributed by atoms with van der Waals surface area (Å²) in [5.41, 5.74) is -2.39. The Bertz CT molecular complexity index is 418. The molecule has 0 bridgehead atoms. The van der Waals surface area contributed by atoms with Crippen molar-refractivity contribution in [2.45, 2.75) is 57.8 Å². The van der Waals surface area contributed by atoms with Crippen molar-refractivity contribution in [2.24, 2.45) is 0 Å². The van der Waals surface area contributed by atoms with Gasteiger partial charge in [-0.1, -0.05) is 0 Å². The second kappa shape index (κ2) is 7.16. The molecule has 4 N–H and O–H groups in total. The van der Waals surface area contributed by atoms with Crippen LogP contribution in [0, 0.1) is 0 Å². The molecule has 0 spiro atoms. The molecule has 0 saturated heterocycles. The van der Waals surface area contributed by atoms with Crippen LogP contribution in [0.25, 0.3) is 0 Å². The number of rotatable bonds is 8. The molecule has 0 aliphatic heterocycles. The van der Waals surface area contributed by atoms with Crippen LogP contribution in [-0.2, 0) is 19.2 Å². The van der Waals surface area contributed by atoms with Crippen molar-refractivity contribution in [3.05, 3.63) is 0 Å². The maximum atomic E-state index is 12.1. The molecule has 0 saturated carbocycles. The van der Waals surface area contributed by atoms with Crippen LogP contribution >= 0.6 is 0 Å². The van der Waals surface area contributed by atoms with Gasteiger partial charge in [0.15, 0.2) is 0 Å². The van der Waals surface area contributed by atoms with Gasteiger partial charge in [0.2, 0.25) is 18.2 Å². The molecule has 0 aliphatic rings. The number of carbonyl (C=O) groups excluding carboxylic acids is 4. The van der Waals surface area contributed by atoms with Gasteiger partial charge in [0, 0.05) is 0 Å². The van der Waals surface area contributed by atoms with E-state index in [0.717, 1.165) is 0 Å². The van der Waals surface area contributed by atoms with Crippen molar-refractivity contribution >= 4 is 24.5 Å². The fourth-order valence-electron chi connectivity index (χ4n) is 1.43. The van der Waals surface area contributed by atoms with E-state index >= 15 is 0 Å². The Balaban J connectivity index is 4.93. The molecule has 21 heavy (non-hydrogen) atoms. The van der Waals surface area contributed by atoms with Crippen LogP contribution in [0.2, 0.25) is 0 Å². The highest BCUT2D eigenvalue weighted by Crippen LogP contribution is 2.07. The van der Waals surface area contributed by atoms with Gasteiger partial charge >= 0.3 is 0 Å². The Kier molecular flexibility index (Phi) is 6.50. The van der Waals surface area contributed by atoms with E-state index in [1.807, 2.05) is 0 Å². The molecule has 0 unspecified atom stereocenters. The maximum absolute atomic E-state index is 12.1. The van der Waals surface area contributed by atoms with E-state index in [1.54, 1.807) is 0 Å². The Morgan fingerprint density at radius 1 is 1.10 bits per heavy atom. The third-order valence-corrected chi connectivity index (χ3v) is 2.75. The van der Waals surface area contributed by atoms with Gasteiger partial charge in [0.05, 0.1) is 11.6 Å². The van der Waals surface area contributed by atoms with Crippen molar-refractivity contribution in [3.63, 3.8) is 0 Å². The number of hydrogen-bond donors (Lipinski definition) is 4. The number of nitrogens with one attached hydrogen (secondary N) is 3. The van der Waals surface area contributed by atoms with Crippen LogP contribution in [0.3, 0.4) is 0 Å². The van der Waals surface area contributed by atoms with E-state index in [4.69, 9.17) is 0 Å². The predicted octanol–water partition coefficient (Wildman–Crippen LogP) is -1.53. The molecule has 0 aliphatic carbocycles. The Labute approximate surface area is 123 Å². The van der Waals surface area contributed by atoms with Crippen molar-refractivity contribution in [2.75, 3.05) is 0 Å². The summed E-state index contributed by atoms with van der Waals surface area (Å²) < 4.78 is 0. The number of hydrogen-bond acceptors (Lipinski definition) is 5. The lowest BCUT2D eigenvalue weighted by atomic mass is 9.99. The van der Waals surface area contributed by atoms with Crippen molar-refractivity contribution in [3.8, 4) is 0 Å². The van der Waals surface area contributed by atoms with Gasteiger partial charge in [-0.25, -0.2) is 0 Å². The summed E-state index contributed by atoms with van der Waals surface area (Å²) in [4.78, 5) is 45.3. The first kappa shape index (κ1) is 19.0. The average Bonchev–Trinajstić information content (AvgIpc) is 2.34. The standard InChI is InChI=1S/C13H23N3O5/c1-8(19)9(14-7-18)10(20)15-13(4,5)11(21)16-12(2,3)6-17/h6-9,19H,1-5H3,(H,14,18)(H,15,20)(H,16,21)/t8-,9+/m1/s1. The van der Waals surface area contributed by atoms with E-state index < -0.39 is 35.0 Å². The summed E-state index contributed by atoms with van der Waals surface area (Å²) in [5, 5.41) is 16.5. The van der Waals surface area contributed by atoms with Crippen molar-refractivity contribution in [1.29, 1.82) is 0 Å². The van der Waals surface area contributed by atoms with Crippen LogP contribution in [0.5, 0.6) is 0 Å². The van der Waals surface area contributed by atoms with Crippen LogP contribution in [-0.4, -0.2) is 52.8 Å². The van der Waals surface area contributed by atoms with Crippen molar-refractivity contribution in [1.82, 2.24) is 16.0 Å². The lowest BCUT2D eigenvalue weighted by molar-refractivity contribution is -0.136. The molecule has 3 amide bonds. The molecule has 120 valence electrons. The monoisotopic (exact) mass is 301 g/mol. The molecule has 2 atom stereocenters. The molecular formula is C13H23N3O5. The van der Waals surface area contributed by atoms with Gasteiger partial charge in [0.1, 0.15) is 17.9 Å². The third-order valence-electron chi connectivity index (χ3n) is 2.75. The summed E-state index contributed by atoms with van der Waals surface area (Å²) in [6.45, 7) is 7.26. The van der Waals surface area contributed by atoms with Crippen molar-refractivity contribution < 1.29 is 24.3 Å². The summed E-state index contributed by atoms with van der Waals surface area (Å²) in [5.74, 6) is -1.27. The summed E-state index contributed by atoms with van der Waals surface area (Å²) in [7, 11) is 0. The molecule has 0 radical (unpaired) electrons. The van der Waals surface area contributed by atoms with Gasteiger partial charge < -0.3 is 25.9 Å². The number of aliphatic hydroxyl groups excluding tert-OH is 1. The normalized spacial score (nSPS) is 14.6. The van der Waals surface area contributed by atoms with E-state index in [1.165, 1.54) is 34.6 Å². The lowest BCUT2D eigenvalue weighted by Gasteiger charge is -2.31. The highest BCUT2D eigenvalue weighted by Gasteiger charge is 2.35. The van der Waals surface area contributed by atoms with Crippen LogP contribution in [0.15, 0.2) is 0 Å². The molecule has 0 aromatic rings. The zero-order chi connectivity index (χ0) is 16.8. The first-order valence-electron chi connectivity index (χ1n) is 6.45. The van der Waals surface area contributed by atoms with Gasteiger partial charge in [0.25, 0.3) is 0 Å². The largest absolute Gasteiger partial charge is 0.391 e. The molecule has 8 heteroatoms. The number of carbonyl (C=O) groups is 4. The zero-order valence-electron chi connectivity index (χ0n) is 12.9. The van der Waals surface area contributed by atoms with E-state index in [0.29, 0.717) is 12.7 Å². The van der Waals surface area contributed by atoms with Crippen LogP contribution in [0.4, 0.5) is 0 Å². The number of aldehydes is 1. The second-order valence-electron chi connectivity index (χ2n) is 5.91. The topological polar surface area (TPSA) is 125 Å². The fourth-order valence-corrected chi connectivity index (χ4v) is 1.43. The highest BCUT2D eigenvalue weighted by molar-refractivity contribution is 5.94. The van der Waals surface area contributed by atoms with E-state index in [-0.39, 0.29) is 0 Å². The minimum Gasteiger partial charge on any atom is -0.391 e. The Hall–Kier alpha value is -1.96. The van der Waals surface area contributed by atoms with Gasteiger partial charge in [-0.15, -0.1) is 0 Å². The lowest BCUT2D eigenvalue weighted by Crippen LogP contribution is -2.63. The summed E-state index contributed by atoms with van der Waals surface area (Å²) in [6.07, 6.45) is -0.255. The maximum Gasteiger partial charge on any atom is 0.246 e. The van der Waals surface area contributed by atoms with E-state index in [2.05, 4.69) is 16.0 Å². The minimum absolute atomic E-state index is 0.291. The fraction of sp³-hybridized carbons (Fsp3) is 0.692. The first-order valence-corrected chi connectivity index (χ1v) is 6.45. The Morgan fingerprint density at radius 2 is 1.62 bits per heavy atom. The van der Waals surface area contributed by atoms with Crippen LogP contribution < -0.4 is 16.0 Å². The molecule has 0 heterocycles. The molecule has 0 fully saturated rings. The van der Waals surface area contributed by atoms with Crippen LogP contribution in [0.1, 0.15) is 34.6 Å². The zero-order valence-corrected chi connectivity index (χ0v) is 12.9. The quantitative estimate of drug-likeness (QED) is 0.405. The molecule has 0 rings (SSSR count). The molecule has 8 nitrogen and oxygen atoms in total. The first-order chi connectivity index (χ1) is 9.46. The van der Waals surface area contributed by atoms with Gasteiger partial charge in [-0.3, -0.25) is 14.4 Å². The van der Waals surface area contributed by atoms with Gasteiger partial charge in [-0.05, 0) is 34.6 Å². The Morgan fingerprint density at radius 3 is 2.00 bits per heavy atom.